The van der Waals surface area contributed by atoms with Gasteiger partial charge in [-0.15, -0.1) is 0 Å². The number of hydrogen-bond acceptors (Lipinski definition) is 4. The van der Waals surface area contributed by atoms with Crippen molar-refractivity contribution in [1.82, 2.24) is 0 Å². The molecule has 2 aromatic rings. The topological polar surface area (TPSA) is 83.5 Å². The van der Waals surface area contributed by atoms with E-state index in [1.807, 2.05) is 30.3 Å². The minimum Gasteiger partial charge on any atom is -0.481 e. The molecular formula is C18H21NO4S. The van der Waals surface area contributed by atoms with Gasteiger partial charge in [-0.05, 0) is 42.7 Å². The second kappa shape index (κ2) is 7.97. The summed E-state index contributed by atoms with van der Waals surface area (Å²) < 4.78 is 23.0. The summed E-state index contributed by atoms with van der Waals surface area (Å²) in [5.74, 6) is -0.831. The van der Waals surface area contributed by atoms with Gasteiger partial charge in [-0.3, -0.25) is 4.79 Å². The maximum absolute atomic E-state index is 11.5. The molecular weight excluding hydrogens is 326 g/mol. The Morgan fingerprint density at radius 3 is 2.25 bits per heavy atom. The first-order chi connectivity index (χ1) is 11.3. The summed E-state index contributed by atoms with van der Waals surface area (Å²) >= 11 is 0. The number of benzene rings is 2. The molecule has 24 heavy (non-hydrogen) atoms. The molecule has 0 aliphatic heterocycles. The van der Waals surface area contributed by atoms with E-state index < -0.39 is 15.8 Å². The van der Waals surface area contributed by atoms with E-state index in [0.717, 1.165) is 11.3 Å². The Hall–Kier alpha value is -2.34. The molecule has 0 aromatic heterocycles. The molecule has 2 aromatic carbocycles. The third-order valence-corrected chi connectivity index (χ3v) is 4.81. The van der Waals surface area contributed by atoms with Crippen LogP contribution in [0.4, 0.5) is 5.69 Å². The number of sulfone groups is 1. The highest BCUT2D eigenvalue weighted by atomic mass is 32.2. The molecule has 0 saturated heterocycles. The van der Waals surface area contributed by atoms with E-state index in [1.165, 1.54) is 6.26 Å². The molecule has 2 rings (SSSR count). The molecule has 2 N–H and O–H groups in total. The minimum absolute atomic E-state index is 0.0485. The van der Waals surface area contributed by atoms with Crippen LogP contribution in [0.2, 0.25) is 0 Å². The molecule has 0 spiro atoms. The van der Waals surface area contributed by atoms with Crippen LogP contribution in [-0.4, -0.2) is 31.8 Å². The highest BCUT2D eigenvalue weighted by molar-refractivity contribution is 7.90. The fourth-order valence-corrected chi connectivity index (χ4v) is 3.09. The lowest BCUT2D eigenvalue weighted by Gasteiger charge is -2.19. The van der Waals surface area contributed by atoms with Crippen molar-refractivity contribution in [3.63, 3.8) is 0 Å². The van der Waals surface area contributed by atoms with Crippen LogP contribution in [0, 0.1) is 0 Å². The predicted molar refractivity (Wildman–Crippen MR) is 94.0 cm³/mol. The zero-order valence-electron chi connectivity index (χ0n) is 13.5. The molecule has 6 heteroatoms. The Balaban J connectivity index is 2.10. The highest BCUT2D eigenvalue weighted by Crippen LogP contribution is 2.18. The number of anilines is 1. The molecule has 0 fully saturated rings. The first-order valence-electron chi connectivity index (χ1n) is 7.67. The summed E-state index contributed by atoms with van der Waals surface area (Å²) in [6.07, 6.45) is 2.42. The number of aliphatic carboxylic acids is 1. The second-order valence-electron chi connectivity index (χ2n) is 5.76. The third-order valence-electron chi connectivity index (χ3n) is 3.68. The number of rotatable bonds is 8. The first-order valence-corrected chi connectivity index (χ1v) is 9.56. The lowest BCUT2D eigenvalue weighted by molar-refractivity contribution is -0.137. The van der Waals surface area contributed by atoms with Crippen molar-refractivity contribution in [3.05, 3.63) is 60.2 Å². The van der Waals surface area contributed by atoms with E-state index >= 15 is 0 Å². The largest absolute Gasteiger partial charge is 0.481 e. The maximum Gasteiger partial charge on any atom is 0.303 e. The molecule has 0 aliphatic rings. The van der Waals surface area contributed by atoms with Crippen molar-refractivity contribution in [1.29, 1.82) is 0 Å². The second-order valence-corrected chi connectivity index (χ2v) is 7.78. The summed E-state index contributed by atoms with van der Waals surface area (Å²) in [5.41, 5.74) is 1.89. The summed E-state index contributed by atoms with van der Waals surface area (Å²) in [7, 11) is -3.22. The van der Waals surface area contributed by atoms with E-state index in [4.69, 9.17) is 5.11 Å². The van der Waals surface area contributed by atoms with Gasteiger partial charge < -0.3 is 10.4 Å². The van der Waals surface area contributed by atoms with Gasteiger partial charge in [0.1, 0.15) is 0 Å². The first kappa shape index (κ1) is 18.0. The van der Waals surface area contributed by atoms with Crippen LogP contribution in [-0.2, 0) is 21.1 Å². The molecule has 1 atom stereocenters. The van der Waals surface area contributed by atoms with Gasteiger partial charge in [0, 0.05) is 24.4 Å². The quantitative estimate of drug-likeness (QED) is 0.767. The fourth-order valence-electron chi connectivity index (χ4n) is 2.46. The smallest absolute Gasteiger partial charge is 0.303 e. The van der Waals surface area contributed by atoms with Gasteiger partial charge in [-0.1, -0.05) is 30.3 Å². The number of carboxylic acid groups (broad SMARTS) is 1. The average molecular weight is 347 g/mol. The molecule has 0 heterocycles. The van der Waals surface area contributed by atoms with Gasteiger partial charge in [-0.25, -0.2) is 8.42 Å². The van der Waals surface area contributed by atoms with Crippen molar-refractivity contribution in [3.8, 4) is 0 Å². The Bertz CT molecular complexity index is 770. The highest BCUT2D eigenvalue weighted by Gasteiger charge is 2.13. The molecule has 0 aliphatic carbocycles. The van der Waals surface area contributed by atoms with Crippen LogP contribution in [0.15, 0.2) is 59.5 Å². The molecule has 5 nitrogen and oxygen atoms in total. The lowest BCUT2D eigenvalue weighted by atomic mass is 10.0. The van der Waals surface area contributed by atoms with Crippen molar-refractivity contribution in [2.24, 2.45) is 0 Å². The van der Waals surface area contributed by atoms with Gasteiger partial charge in [0.25, 0.3) is 0 Å². The fraction of sp³-hybridized carbons (Fsp3) is 0.278. The Kier molecular flexibility index (Phi) is 5.98. The third kappa shape index (κ3) is 5.70. The van der Waals surface area contributed by atoms with E-state index in [9.17, 15) is 13.2 Å². The molecule has 0 amide bonds. The number of hydrogen-bond donors (Lipinski definition) is 2. The molecule has 0 bridgehead atoms. The summed E-state index contributed by atoms with van der Waals surface area (Å²) in [4.78, 5) is 11.1. The number of nitrogens with one attached hydrogen (secondary N) is 1. The maximum atomic E-state index is 11.5. The van der Waals surface area contributed by atoms with Gasteiger partial charge in [-0.2, -0.15) is 0 Å². The van der Waals surface area contributed by atoms with E-state index in [1.54, 1.807) is 24.3 Å². The predicted octanol–water partition coefficient (Wildman–Crippen LogP) is 2.98. The van der Waals surface area contributed by atoms with Crippen LogP contribution in [0.5, 0.6) is 0 Å². The minimum atomic E-state index is -3.22. The SMILES string of the molecule is CS(=O)(=O)c1ccc(NC(CCC(=O)O)Cc2ccccc2)cc1. The van der Waals surface area contributed by atoms with Crippen molar-refractivity contribution < 1.29 is 18.3 Å². The van der Waals surface area contributed by atoms with Gasteiger partial charge in [0.15, 0.2) is 9.84 Å². The Morgan fingerprint density at radius 2 is 1.71 bits per heavy atom. The van der Waals surface area contributed by atoms with Crippen LogP contribution < -0.4 is 5.32 Å². The van der Waals surface area contributed by atoms with E-state index in [-0.39, 0.29) is 17.4 Å². The Labute approximate surface area is 142 Å². The van der Waals surface area contributed by atoms with Crippen LogP contribution in [0.25, 0.3) is 0 Å². The number of carbonyl (C=O) groups is 1. The monoisotopic (exact) mass is 347 g/mol. The average Bonchev–Trinajstić information content (AvgIpc) is 2.53. The van der Waals surface area contributed by atoms with Crippen LogP contribution >= 0.6 is 0 Å². The van der Waals surface area contributed by atoms with Crippen molar-refractivity contribution in [2.45, 2.75) is 30.2 Å². The molecule has 128 valence electrons. The van der Waals surface area contributed by atoms with Gasteiger partial charge in [0.2, 0.25) is 0 Å². The summed E-state index contributed by atoms with van der Waals surface area (Å²) in [6.45, 7) is 0. The summed E-state index contributed by atoms with van der Waals surface area (Å²) in [6, 6.07) is 16.3. The van der Waals surface area contributed by atoms with Crippen molar-refractivity contribution in [2.75, 3.05) is 11.6 Å². The number of carboxylic acids is 1. The Morgan fingerprint density at radius 1 is 1.08 bits per heavy atom. The molecule has 1 unspecified atom stereocenters. The van der Waals surface area contributed by atoms with Crippen molar-refractivity contribution >= 4 is 21.5 Å². The summed E-state index contributed by atoms with van der Waals surface area (Å²) in [5, 5.41) is 12.2. The van der Waals surface area contributed by atoms with Crippen LogP contribution in [0.3, 0.4) is 0 Å². The van der Waals surface area contributed by atoms with Crippen LogP contribution in [0.1, 0.15) is 18.4 Å². The van der Waals surface area contributed by atoms with Gasteiger partial charge >= 0.3 is 5.97 Å². The standard InChI is InChI=1S/C18H21NO4S/c1-24(22,23)17-10-7-15(8-11-17)19-16(9-12-18(20)21)13-14-5-3-2-4-6-14/h2-8,10-11,16,19H,9,12-13H2,1H3,(H,20,21). The molecule has 0 radical (unpaired) electrons. The van der Waals surface area contributed by atoms with E-state index in [0.29, 0.717) is 12.8 Å². The lowest BCUT2D eigenvalue weighted by Crippen LogP contribution is -2.23. The molecule has 0 saturated carbocycles. The van der Waals surface area contributed by atoms with Gasteiger partial charge in [0.05, 0.1) is 4.90 Å². The van der Waals surface area contributed by atoms with E-state index in [2.05, 4.69) is 5.32 Å². The normalized spacial score (nSPS) is 12.5. The zero-order valence-corrected chi connectivity index (χ0v) is 14.3. The zero-order chi connectivity index (χ0) is 17.6.